The van der Waals surface area contributed by atoms with Crippen molar-refractivity contribution < 1.29 is 19.1 Å². The van der Waals surface area contributed by atoms with Crippen LogP contribution >= 0.6 is 0 Å². The summed E-state index contributed by atoms with van der Waals surface area (Å²) in [5, 5.41) is 3.59. The van der Waals surface area contributed by atoms with Gasteiger partial charge in [-0.15, -0.1) is 0 Å². The van der Waals surface area contributed by atoms with E-state index in [1.165, 1.54) is 11.9 Å². The molecule has 7 nitrogen and oxygen atoms in total. The molecule has 1 N–H and O–H groups in total. The van der Waals surface area contributed by atoms with Gasteiger partial charge in [-0.05, 0) is 50.2 Å². The molecular formula is C22H25N3O4. The zero-order valence-corrected chi connectivity index (χ0v) is 16.6. The lowest BCUT2D eigenvalue weighted by atomic mass is 9.90. The van der Waals surface area contributed by atoms with E-state index in [1.807, 2.05) is 24.3 Å². The molecule has 7 heteroatoms. The number of likely N-dealkylation sites (N-methyl/N-ethyl adjacent to an activating group) is 1. The summed E-state index contributed by atoms with van der Waals surface area (Å²) in [7, 11) is 1.53. The third-order valence-electron chi connectivity index (χ3n) is 5.45. The Hall–Kier alpha value is -2.96. The van der Waals surface area contributed by atoms with Gasteiger partial charge in [0.2, 0.25) is 5.91 Å². The van der Waals surface area contributed by atoms with E-state index in [-0.39, 0.29) is 18.5 Å². The molecule has 1 saturated carbocycles. The SMILES string of the molecule is CN(CC(=O)NC1CC1)C(=O)COC(=O)c1c2c(nc3ccccc13)CCCC2. The average molecular weight is 395 g/mol. The zero-order valence-electron chi connectivity index (χ0n) is 16.6. The summed E-state index contributed by atoms with van der Waals surface area (Å²) in [5.41, 5.74) is 3.17. The van der Waals surface area contributed by atoms with Crippen LogP contribution < -0.4 is 5.32 Å². The molecule has 0 atom stereocenters. The normalized spacial score (nSPS) is 15.5. The molecule has 0 spiro atoms. The van der Waals surface area contributed by atoms with Gasteiger partial charge in [0.15, 0.2) is 6.61 Å². The maximum absolute atomic E-state index is 12.9. The molecule has 2 aromatic rings. The molecule has 2 amide bonds. The number of nitrogens with one attached hydrogen (secondary N) is 1. The number of carbonyl (C=O) groups excluding carboxylic acids is 3. The van der Waals surface area contributed by atoms with E-state index >= 15 is 0 Å². The van der Waals surface area contributed by atoms with Crippen molar-refractivity contribution in [1.82, 2.24) is 15.2 Å². The van der Waals surface area contributed by atoms with Gasteiger partial charge in [-0.25, -0.2) is 4.79 Å². The Bertz CT molecular complexity index is 968. The van der Waals surface area contributed by atoms with Crippen LogP contribution in [0.2, 0.25) is 0 Å². The van der Waals surface area contributed by atoms with E-state index < -0.39 is 18.5 Å². The van der Waals surface area contributed by atoms with Crippen LogP contribution in [0.15, 0.2) is 24.3 Å². The van der Waals surface area contributed by atoms with Crippen LogP contribution in [0, 0.1) is 0 Å². The van der Waals surface area contributed by atoms with E-state index in [1.54, 1.807) is 0 Å². The second kappa shape index (κ2) is 8.19. The zero-order chi connectivity index (χ0) is 20.4. The Kier molecular flexibility index (Phi) is 5.47. The lowest BCUT2D eigenvalue weighted by Gasteiger charge is -2.20. The van der Waals surface area contributed by atoms with Crippen molar-refractivity contribution in [2.24, 2.45) is 0 Å². The predicted molar refractivity (Wildman–Crippen MR) is 107 cm³/mol. The smallest absolute Gasteiger partial charge is 0.339 e. The number of fused-ring (bicyclic) bond motifs is 2. The number of carbonyl (C=O) groups is 3. The van der Waals surface area contributed by atoms with Crippen LogP contribution in [0.4, 0.5) is 0 Å². The number of nitrogens with zero attached hydrogens (tertiary/aromatic N) is 2. The molecule has 2 aliphatic carbocycles. The summed E-state index contributed by atoms with van der Waals surface area (Å²) in [4.78, 5) is 43.1. The van der Waals surface area contributed by atoms with Gasteiger partial charge >= 0.3 is 5.97 Å². The number of amides is 2. The van der Waals surface area contributed by atoms with Crippen molar-refractivity contribution in [2.75, 3.05) is 20.2 Å². The van der Waals surface area contributed by atoms with Crippen LogP contribution in [0.3, 0.4) is 0 Å². The molecule has 1 fully saturated rings. The van der Waals surface area contributed by atoms with Gasteiger partial charge in [-0.3, -0.25) is 14.6 Å². The number of rotatable bonds is 6. The van der Waals surface area contributed by atoms with Gasteiger partial charge in [0.25, 0.3) is 5.91 Å². The van der Waals surface area contributed by atoms with Crippen LogP contribution in [-0.4, -0.2) is 53.9 Å². The molecule has 0 radical (unpaired) electrons. The minimum absolute atomic E-state index is 0.0412. The minimum Gasteiger partial charge on any atom is -0.452 e. The van der Waals surface area contributed by atoms with Crippen LogP contribution in [0.5, 0.6) is 0 Å². The fraction of sp³-hybridized carbons (Fsp3) is 0.455. The van der Waals surface area contributed by atoms with Crippen molar-refractivity contribution in [3.05, 3.63) is 41.1 Å². The number of hydrogen-bond donors (Lipinski definition) is 1. The largest absolute Gasteiger partial charge is 0.452 e. The minimum atomic E-state index is -0.508. The van der Waals surface area contributed by atoms with Gasteiger partial charge in [0.05, 0.1) is 17.6 Å². The van der Waals surface area contributed by atoms with Crippen LogP contribution in [0.1, 0.15) is 47.3 Å². The first-order valence-electron chi connectivity index (χ1n) is 10.1. The van der Waals surface area contributed by atoms with Crippen LogP contribution in [0.25, 0.3) is 10.9 Å². The first-order valence-corrected chi connectivity index (χ1v) is 10.1. The molecular weight excluding hydrogens is 370 g/mol. The fourth-order valence-electron chi connectivity index (χ4n) is 3.72. The lowest BCUT2D eigenvalue weighted by Crippen LogP contribution is -2.40. The monoisotopic (exact) mass is 395 g/mol. The highest BCUT2D eigenvalue weighted by Crippen LogP contribution is 2.29. The molecule has 0 unspecified atom stereocenters. The third kappa shape index (κ3) is 4.39. The Labute approximate surface area is 169 Å². The summed E-state index contributed by atoms with van der Waals surface area (Å²) in [6.07, 6.45) is 5.67. The summed E-state index contributed by atoms with van der Waals surface area (Å²) in [5.74, 6) is -1.11. The fourth-order valence-corrected chi connectivity index (χ4v) is 3.72. The number of esters is 1. The standard InChI is InChI=1S/C22H25N3O4/c1-25(12-19(26)23-14-10-11-14)20(27)13-29-22(28)21-15-6-2-4-8-17(15)24-18-9-5-3-7-16(18)21/h2,4,6,8,14H,3,5,7,9-13H2,1H3,(H,23,26). The van der Waals surface area contributed by atoms with Gasteiger partial charge in [0.1, 0.15) is 0 Å². The third-order valence-corrected chi connectivity index (χ3v) is 5.45. The number of aryl methyl sites for hydroxylation is 1. The number of para-hydroxylation sites is 1. The van der Waals surface area contributed by atoms with Crippen molar-refractivity contribution in [2.45, 2.75) is 44.6 Å². The van der Waals surface area contributed by atoms with Gasteiger partial charge in [0, 0.05) is 24.2 Å². The van der Waals surface area contributed by atoms with E-state index in [9.17, 15) is 14.4 Å². The number of hydrogen-bond acceptors (Lipinski definition) is 5. The van der Waals surface area contributed by atoms with E-state index in [4.69, 9.17) is 9.72 Å². The van der Waals surface area contributed by atoms with Crippen molar-refractivity contribution in [3.8, 4) is 0 Å². The summed E-state index contributed by atoms with van der Waals surface area (Å²) >= 11 is 0. The maximum Gasteiger partial charge on any atom is 0.339 e. The number of pyridine rings is 1. The second-order valence-corrected chi connectivity index (χ2v) is 7.80. The van der Waals surface area contributed by atoms with Crippen molar-refractivity contribution in [1.29, 1.82) is 0 Å². The molecule has 2 aliphatic rings. The molecule has 0 saturated heterocycles. The first-order chi connectivity index (χ1) is 14.0. The summed E-state index contributed by atoms with van der Waals surface area (Å²) in [6, 6.07) is 7.76. The Balaban J connectivity index is 1.46. The summed E-state index contributed by atoms with van der Waals surface area (Å²) < 4.78 is 5.37. The average Bonchev–Trinajstić information content (AvgIpc) is 3.53. The van der Waals surface area contributed by atoms with Crippen molar-refractivity contribution in [3.63, 3.8) is 0 Å². The molecule has 152 valence electrons. The van der Waals surface area contributed by atoms with Crippen molar-refractivity contribution >= 4 is 28.7 Å². The molecule has 29 heavy (non-hydrogen) atoms. The van der Waals surface area contributed by atoms with Gasteiger partial charge in [-0.2, -0.15) is 0 Å². The highest BCUT2D eigenvalue weighted by molar-refractivity contribution is 6.05. The van der Waals surface area contributed by atoms with Gasteiger partial charge < -0.3 is 15.0 Å². The summed E-state index contributed by atoms with van der Waals surface area (Å²) in [6.45, 7) is -0.433. The first kappa shape index (κ1) is 19.4. The Morgan fingerprint density at radius 2 is 1.93 bits per heavy atom. The highest BCUT2D eigenvalue weighted by atomic mass is 16.5. The topological polar surface area (TPSA) is 88.6 Å². The maximum atomic E-state index is 12.9. The predicted octanol–water partition coefficient (Wildman–Crippen LogP) is 2.01. The molecule has 1 aromatic heterocycles. The molecule has 0 aliphatic heterocycles. The lowest BCUT2D eigenvalue weighted by molar-refractivity contribution is -0.137. The molecule has 4 rings (SSSR count). The number of aromatic nitrogens is 1. The highest BCUT2D eigenvalue weighted by Gasteiger charge is 2.26. The molecule has 1 heterocycles. The van der Waals surface area contributed by atoms with E-state index in [0.29, 0.717) is 5.56 Å². The van der Waals surface area contributed by atoms with E-state index in [2.05, 4.69) is 5.32 Å². The Morgan fingerprint density at radius 1 is 1.17 bits per heavy atom. The van der Waals surface area contributed by atoms with Crippen LogP contribution in [-0.2, 0) is 27.2 Å². The number of benzene rings is 1. The van der Waals surface area contributed by atoms with E-state index in [0.717, 1.165) is 60.7 Å². The second-order valence-electron chi connectivity index (χ2n) is 7.80. The quantitative estimate of drug-likeness (QED) is 0.756. The van der Waals surface area contributed by atoms with Gasteiger partial charge in [-0.1, -0.05) is 18.2 Å². The number of ether oxygens (including phenoxy) is 1. The molecule has 1 aromatic carbocycles. The molecule has 0 bridgehead atoms. The Morgan fingerprint density at radius 3 is 2.72 bits per heavy atom.